The standard InChI is InChI=1S/C23H27ClN4O2/c1-16(21-26-20-9-5-4-8-19(20)22(29)27-21)28(15-7-3-2-6-14-25)23(30)17-10-12-18(24)13-11-17/h4-5,8-13,16H,2-3,6-7,14-15,25H2,1H3,(H,26,27,29)/p+1/t16-/m1/s1. The van der Waals surface area contributed by atoms with Crippen LogP contribution in [-0.2, 0) is 0 Å². The van der Waals surface area contributed by atoms with Crippen LogP contribution in [0.3, 0.4) is 0 Å². The molecule has 3 aromatic rings. The number of aromatic amines is 1. The van der Waals surface area contributed by atoms with E-state index in [1.54, 1.807) is 35.2 Å². The van der Waals surface area contributed by atoms with Crippen LogP contribution in [0.25, 0.3) is 10.9 Å². The van der Waals surface area contributed by atoms with Gasteiger partial charge < -0.3 is 15.6 Å². The summed E-state index contributed by atoms with van der Waals surface area (Å²) in [6.07, 6.45) is 4.07. The zero-order valence-corrected chi connectivity index (χ0v) is 18.0. The maximum absolute atomic E-state index is 13.3. The number of halogens is 1. The van der Waals surface area contributed by atoms with Crippen molar-refractivity contribution < 1.29 is 10.5 Å². The van der Waals surface area contributed by atoms with Crippen molar-refractivity contribution in [2.75, 3.05) is 13.1 Å². The number of nitrogens with one attached hydrogen (secondary N) is 1. The molecule has 0 bridgehead atoms. The van der Waals surface area contributed by atoms with Crippen molar-refractivity contribution in [2.45, 2.75) is 38.6 Å². The van der Waals surface area contributed by atoms with Crippen LogP contribution in [0, 0.1) is 0 Å². The lowest BCUT2D eigenvalue weighted by Gasteiger charge is -2.29. The molecular weight excluding hydrogens is 400 g/mol. The molecule has 0 aliphatic heterocycles. The third-order valence-electron chi connectivity index (χ3n) is 5.25. The molecule has 3 rings (SSSR count). The molecule has 0 fully saturated rings. The molecule has 0 unspecified atom stereocenters. The molecule has 0 radical (unpaired) electrons. The number of nitrogens with zero attached hydrogens (tertiary/aromatic N) is 2. The molecule has 4 N–H and O–H groups in total. The fraction of sp³-hybridized carbons (Fsp3) is 0.348. The van der Waals surface area contributed by atoms with Crippen molar-refractivity contribution in [2.24, 2.45) is 0 Å². The summed E-state index contributed by atoms with van der Waals surface area (Å²) in [6.45, 7) is 3.40. The van der Waals surface area contributed by atoms with Crippen LogP contribution in [-0.4, -0.2) is 33.9 Å². The number of fused-ring (bicyclic) bond motifs is 1. The summed E-state index contributed by atoms with van der Waals surface area (Å²) in [5.74, 6) is 0.380. The Morgan fingerprint density at radius 1 is 1.10 bits per heavy atom. The molecule has 30 heavy (non-hydrogen) atoms. The zero-order chi connectivity index (χ0) is 21.5. The van der Waals surface area contributed by atoms with Crippen LogP contribution < -0.4 is 11.3 Å². The van der Waals surface area contributed by atoms with E-state index in [9.17, 15) is 9.59 Å². The van der Waals surface area contributed by atoms with Crippen LogP contribution in [0.2, 0.25) is 5.02 Å². The summed E-state index contributed by atoms with van der Waals surface area (Å²) in [5.41, 5.74) is 4.86. The smallest absolute Gasteiger partial charge is 0.258 e. The number of hydrogen-bond donors (Lipinski definition) is 2. The molecule has 158 valence electrons. The number of benzene rings is 2. The largest absolute Gasteiger partial charge is 0.358 e. The maximum atomic E-state index is 13.3. The van der Waals surface area contributed by atoms with Gasteiger partial charge in [-0.3, -0.25) is 9.59 Å². The summed E-state index contributed by atoms with van der Waals surface area (Å²) in [7, 11) is 0. The van der Waals surface area contributed by atoms with Gasteiger partial charge in [-0.25, -0.2) is 4.98 Å². The van der Waals surface area contributed by atoms with Gasteiger partial charge in [-0.1, -0.05) is 30.2 Å². The average molecular weight is 428 g/mol. The van der Waals surface area contributed by atoms with Gasteiger partial charge in [0.25, 0.3) is 11.5 Å². The summed E-state index contributed by atoms with van der Waals surface area (Å²) in [5, 5.41) is 1.12. The highest BCUT2D eigenvalue weighted by Crippen LogP contribution is 2.22. The second-order valence-electron chi connectivity index (χ2n) is 7.42. The highest BCUT2D eigenvalue weighted by Gasteiger charge is 2.24. The number of unbranched alkanes of at least 4 members (excludes halogenated alkanes) is 3. The summed E-state index contributed by atoms with van der Waals surface area (Å²) < 4.78 is 0. The molecule has 1 atom stereocenters. The van der Waals surface area contributed by atoms with Gasteiger partial charge in [-0.05, 0) is 62.6 Å². The Kier molecular flexibility index (Phi) is 7.60. The van der Waals surface area contributed by atoms with E-state index in [1.165, 1.54) is 0 Å². The fourth-order valence-electron chi connectivity index (χ4n) is 3.49. The first-order chi connectivity index (χ1) is 14.5. The molecule has 0 saturated heterocycles. The quantitative estimate of drug-likeness (QED) is 0.511. The van der Waals surface area contributed by atoms with E-state index >= 15 is 0 Å². The Morgan fingerprint density at radius 3 is 2.53 bits per heavy atom. The highest BCUT2D eigenvalue weighted by atomic mass is 35.5. The predicted molar refractivity (Wildman–Crippen MR) is 119 cm³/mol. The zero-order valence-electron chi connectivity index (χ0n) is 17.2. The normalized spacial score (nSPS) is 12.1. The molecule has 0 saturated carbocycles. The summed E-state index contributed by atoms with van der Waals surface area (Å²) in [4.78, 5) is 35.1. The first-order valence-corrected chi connectivity index (χ1v) is 10.7. The Balaban J connectivity index is 1.88. The number of aromatic nitrogens is 2. The van der Waals surface area contributed by atoms with Gasteiger partial charge in [-0.2, -0.15) is 0 Å². The number of H-pyrrole nitrogens is 1. The average Bonchev–Trinajstić information content (AvgIpc) is 2.76. The topological polar surface area (TPSA) is 93.7 Å². The lowest BCUT2D eigenvalue weighted by Crippen LogP contribution is -2.50. The van der Waals surface area contributed by atoms with E-state index < -0.39 is 0 Å². The lowest BCUT2D eigenvalue weighted by atomic mass is 10.1. The molecular formula is C23H28ClN4O2+. The number of carbonyl (C=O) groups is 1. The predicted octanol–water partition coefficient (Wildman–Crippen LogP) is 3.58. The Hall–Kier alpha value is -2.70. The monoisotopic (exact) mass is 427 g/mol. The molecule has 0 spiro atoms. The molecule has 7 heteroatoms. The van der Waals surface area contributed by atoms with Crippen LogP contribution >= 0.6 is 11.6 Å². The number of para-hydroxylation sites is 1. The minimum atomic E-state index is -0.377. The van der Waals surface area contributed by atoms with Crippen molar-refractivity contribution in [3.63, 3.8) is 0 Å². The minimum absolute atomic E-state index is 0.105. The van der Waals surface area contributed by atoms with Crippen LogP contribution in [0.1, 0.15) is 54.8 Å². The third kappa shape index (κ3) is 5.26. The lowest BCUT2D eigenvalue weighted by molar-refractivity contribution is -0.368. The molecule has 6 nitrogen and oxygen atoms in total. The van der Waals surface area contributed by atoms with Crippen LogP contribution in [0.4, 0.5) is 0 Å². The van der Waals surface area contributed by atoms with Gasteiger partial charge in [0, 0.05) is 17.1 Å². The first kappa shape index (κ1) is 22.0. The minimum Gasteiger partial charge on any atom is -0.358 e. The van der Waals surface area contributed by atoms with E-state index in [2.05, 4.69) is 15.7 Å². The van der Waals surface area contributed by atoms with Crippen molar-refractivity contribution in [1.29, 1.82) is 0 Å². The SMILES string of the molecule is C[C@H](c1nc2ccccc2c(=O)[nH]1)N(CCCCCC[NH3+])C(=O)c1ccc(Cl)cc1. The summed E-state index contributed by atoms with van der Waals surface area (Å²) >= 11 is 5.98. The number of rotatable bonds is 9. The fourth-order valence-corrected chi connectivity index (χ4v) is 3.62. The van der Waals surface area contributed by atoms with Gasteiger partial charge in [0.1, 0.15) is 5.82 Å². The van der Waals surface area contributed by atoms with Crippen LogP contribution in [0.15, 0.2) is 53.3 Å². The summed E-state index contributed by atoms with van der Waals surface area (Å²) in [6, 6.07) is 13.7. The van der Waals surface area contributed by atoms with Gasteiger partial charge in [0.2, 0.25) is 0 Å². The molecule has 1 amide bonds. The molecule has 1 heterocycles. The van der Waals surface area contributed by atoms with E-state index in [0.29, 0.717) is 33.9 Å². The number of amides is 1. The number of carbonyl (C=O) groups excluding carboxylic acids is 1. The van der Waals surface area contributed by atoms with Gasteiger partial charge in [0.05, 0.1) is 23.5 Å². The Bertz CT molecular complexity index is 1050. The van der Waals surface area contributed by atoms with Crippen LogP contribution in [0.5, 0.6) is 0 Å². The van der Waals surface area contributed by atoms with Crippen molar-refractivity contribution in [3.05, 3.63) is 75.3 Å². The third-order valence-corrected chi connectivity index (χ3v) is 5.50. The number of hydrogen-bond acceptors (Lipinski definition) is 3. The highest BCUT2D eigenvalue weighted by molar-refractivity contribution is 6.30. The van der Waals surface area contributed by atoms with Gasteiger partial charge in [0.15, 0.2) is 0 Å². The van der Waals surface area contributed by atoms with Gasteiger partial charge in [-0.15, -0.1) is 0 Å². The van der Waals surface area contributed by atoms with Crippen molar-refractivity contribution in [3.8, 4) is 0 Å². The maximum Gasteiger partial charge on any atom is 0.258 e. The molecule has 0 aliphatic rings. The van der Waals surface area contributed by atoms with E-state index in [-0.39, 0.29) is 17.5 Å². The molecule has 1 aromatic heterocycles. The van der Waals surface area contributed by atoms with E-state index in [4.69, 9.17) is 11.6 Å². The van der Waals surface area contributed by atoms with E-state index in [1.807, 2.05) is 25.1 Å². The Labute approximate surface area is 181 Å². The van der Waals surface area contributed by atoms with Crippen molar-refractivity contribution >= 4 is 28.4 Å². The van der Waals surface area contributed by atoms with Gasteiger partial charge >= 0.3 is 0 Å². The molecule has 0 aliphatic carbocycles. The van der Waals surface area contributed by atoms with E-state index in [0.717, 1.165) is 32.2 Å². The second-order valence-corrected chi connectivity index (χ2v) is 7.85. The number of quaternary nitrogens is 1. The molecule has 2 aromatic carbocycles. The first-order valence-electron chi connectivity index (χ1n) is 10.4. The second kappa shape index (κ2) is 10.4. The Morgan fingerprint density at radius 2 is 1.80 bits per heavy atom. The van der Waals surface area contributed by atoms with Crippen molar-refractivity contribution in [1.82, 2.24) is 14.9 Å².